The molecule has 0 saturated carbocycles. The Balaban J connectivity index is 0.00000361. The third-order valence-corrected chi connectivity index (χ3v) is 3.89. The number of aliphatic imine (C=N–C) groups is 1. The second kappa shape index (κ2) is 7.75. The van der Waals surface area contributed by atoms with Crippen LogP contribution in [0.3, 0.4) is 0 Å². The summed E-state index contributed by atoms with van der Waals surface area (Å²) in [5.41, 5.74) is -0.489. The number of aliphatic hydroxyl groups is 1. The Hall–Kier alpha value is -0.930. The van der Waals surface area contributed by atoms with Crippen LogP contribution < -0.4 is 34.7 Å². The van der Waals surface area contributed by atoms with Crippen molar-refractivity contribution < 1.29 is 58.1 Å². The fraction of sp³-hybridized carbons (Fsp3) is 0.273. The molecule has 0 heterocycles. The van der Waals surface area contributed by atoms with Crippen LogP contribution in [0.5, 0.6) is 0 Å². The predicted molar refractivity (Wildman–Crippen MR) is 65.3 cm³/mol. The molecule has 0 unspecified atom stereocenters. The number of sulfone groups is 1. The standard InChI is InChI=1S/C11H13NO6S.Na/c1-7(14)12-10-6-8(19(17,18)5-4-13)2-3-9(10)11(15)16;/h2-3,6,13H,4-5H2,1H3,(H,12,14)(H,15,16);/q;+1/p-1. The van der Waals surface area contributed by atoms with Gasteiger partial charge in [0.25, 0.3) is 0 Å². The van der Waals surface area contributed by atoms with E-state index in [2.05, 4.69) is 4.99 Å². The molecule has 0 aliphatic heterocycles. The van der Waals surface area contributed by atoms with Crippen LogP contribution in [0.15, 0.2) is 28.1 Å². The summed E-state index contributed by atoms with van der Waals surface area (Å²) in [6.45, 7) is 0.572. The van der Waals surface area contributed by atoms with Crippen molar-refractivity contribution in [2.75, 3.05) is 12.4 Å². The summed E-state index contributed by atoms with van der Waals surface area (Å²) in [7, 11) is -3.73. The number of carbonyl (C=O) groups is 1. The van der Waals surface area contributed by atoms with Crippen molar-refractivity contribution in [3.05, 3.63) is 23.8 Å². The predicted octanol–water partition coefficient (Wildman–Crippen LogP) is -3.43. The fourth-order valence-electron chi connectivity index (χ4n) is 1.39. The topological polar surface area (TPSA) is 127 Å². The number of benzene rings is 1. The summed E-state index contributed by atoms with van der Waals surface area (Å²) in [6.07, 6.45) is 0. The number of nitrogens with zero attached hydrogens (tertiary/aromatic N) is 1. The molecule has 2 N–H and O–H groups in total. The Morgan fingerprint density at radius 2 is 2.00 bits per heavy atom. The SMILES string of the molecule is CC([O-])=Nc1cc(S(=O)(=O)CCO)ccc1C(=O)O.[Na+]. The molecular weight excluding hydrogens is 297 g/mol. The molecule has 1 aromatic carbocycles. The minimum atomic E-state index is -3.73. The third-order valence-electron chi connectivity index (χ3n) is 2.20. The van der Waals surface area contributed by atoms with Gasteiger partial charge in [-0.3, -0.25) is 4.99 Å². The number of hydrogen-bond acceptors (Lipinski definition) is 6. The molecular formula is C11H12NNaO6S. The molecule has 0 amide bonds. The quantitative estimate of drug-likeness (QED) is 0.331. The van der Waals surface area contributed by atoms with Crippen molar-refractivity contribution in [2.24, 2.45) is 4.99 Å². The molecule has 0 fully saturated rings. The van der Waals surface area contributed by atoms with Crippen LogP contribution in [0.2, 0.25) is 0 Å². The van der Waals surface area contributed by atoms with Gasteiger partial charge in [-0.25, -0.2) is 13.2 Å². The van der Waals surface area contributed by atoms with E-state index in [1.54, 1.807) is 0 Å². The van der Waals surface area contributed by atoms with E-state index < -0.39 is 34.1 Å². The maximum Gasteiger partial charge on any atom is 1.00 e. The Morgan fingerprint density at radius 3 is 2.45 bits per heavy atom. The summed E-state index contributed by atoms with van der Waals surface area (Å²) in [6, 6.07) is 3.18. The van der Waals surface area contributed by atoms with Crippen molar-refractivity contribution in [2.45, 2.75) is 11.8 Å². The van der Waals surface area contributed by atoms with Gasteiger partial charge in [-0.2, -0.15) is 0 Å². The number of carboxylic acid groups (broad SMARTS) is 1. The first-order valence-electron chi connectivity index (χ1n) is 5.21. The fourth-order valence-corrected chi connectivity index (χ4v) is 2.43. The van der Waals surface area contributed by atoms with Gasteiger partial charge in [-0.05, 0) is 31.0 Å². The first-order valence-corrected chi connectivity index (χ1v) is 6.86. The summed E-state index contributed by atoms with van der Waals surface area (Å²) in [5.74, 6) is -2.44. The van der Waals surface area contributed by atoms with Crippen molar-refractivity contribution in [1.29, 1.82) is 0 Å². The van der Waals surface area contributed by atoms with Gasteiger partial charge in [0.15, 0.2) is 9.84 Å². The van der Waals surface area contributed by atoms with Crippen molar-refractivity contribution >= 4 is 27.4 Å². The van der Waals surface area contributed by atoms with Crippen LogP contribution in [0.1, 0.15) is 17.3 Å². The van der Waals surface area contributed by atoms with E-state index in [1.165, 1.54) is 0 Å². The third kappa shape index (κ3) is 4.88. The van der Waals surface area contributed by atoms with Gasteiger partial charge in [-0.1, -0.05) is 0 Å². The molecule has 0 atom stereocenters. The molecule has 7 nitrogen and oxygen atoms in total. The minimum absolute atomic E-state index is 0. The van der Waals surface area contributed by atoms with Gasteiger partial charge in [0.05, 0.1) is 28.5 Å². The number of aromatic carboxylic acids is 1. The zero-order valence-electron chi connectivity index (χ0n) is 11.0. The molecule has 0 radical (unpaired) electrons. The minimum Gasteiger partial charge on any atom is -0.862 e. The van der Waals surface area contributed by atoms with Gasteiger partial charge in [-0.15, -0.1) is 0 Å². The molecule has 104 valence electrons. The van der Waals surface area contributed by atoms with Crippen LogP contribution in [0.25, 0.3) is 0 Å². The molecule has 0 saturated heterocycles. The summed E-state index contributed by atoms with van der Waals surface area (Å²) in [4.78, 5) is 14.2. The Labute approximate surface area is 138 Å². The average molecular weight is 309 g/mol. The molecule has 9 heteroatoms. The smallest absolute Gasteiger partial charge is 0.862 e. The van der Waals surface area contributed by atoms with E-state index >= 15 is 0 Å². The van der Waals surface area contributed by atoms with Crippen LogP contribution in [0, 0.1) is 0 Å². The van der Waals surface area contributed by atoms with Crippen LogP contribution in [-0.2, 0) is 9.84 Å². The van der Waals surface area contributed by atoms with Crippen molar-refractivity contribution in [3.8, 4) is 0 Å². The zero-order valence-corrected chi connectivity index (χ0v) is 13.8. The normalized spacial score (nSPS) is 11.8. The van der Waals surface area contributed by atoms with E-state index in [9.17, 15) is 18.3 Å². The molecule has 0 spiro atoms. The maximum absolute atomic E-state index is 11.7. The molecule has 20 heavy (non-hydrogen) atoms. The first kappa shape index (κ1) is 19.1. The Morgan fingerprint density at radius 1 is 1.40 bits per heavy atom. The van der Waals surface area contributed by atoms with Gasteiger partial charge in [0, 0.05) is 0 Å². The van der Waals surface area contributed by atoms with E-state index in [0.29, 0.717) is 0 Å². The molecule has 0 aliphatic rings. The summed E-state index contributed by atoms with van der Waals surface area (Å²) < 4.78 is 23.4. The van der Waals surface area contributed by atoms with Crippen LogP contribution >= 0.6 is 0 Å². The maximum atomic E-state index is 11.7. The summed E-state index contributed by atoms with van der Waals surface area (Å²) >= 11 is 0. The first-order chi connectivity index (χ1) is 8.77. The van der Waals surface area contributed by atoms with E-state index in [4.69, 9.17) is 10.2 Å². The number of aliphatic hydroxyl groups excluding tert-OH is 1. The molecule has 0 aromatic heterocycles. The van der Waals surface area contributed by atoms with Crippen molar-refractivity contribution in [1.82, 2.24) is 0 Å². The molecule has 0 aliphatic carbocycles. The molecule has 1 aromatic rings. The van der Waals surface area contributed by atoms with E-state index in [0.717, 1.165) is 25.1 Å². The van der Waals surface area contributed by atoms with Gasteiger partial charge in [0.2, 0.25) is 0 Å². The molecule has 1 rings (SSSR count). The second-order valence-electron chi connectivity index (χ2n) is 3.66. The van der Waals surface area contributed by atoms with Gasteiger partial charge < -0.3 is 15.3 Å². The number of hydrogen-bond donors (Lipinski definition) is 2. The van der Waals surface area contributed by atoms with Crippen LogP contribution in [-0.4, -0.2) is 42.9 Å². The number of rotatable bonds is 5. The van der Waals surface area contributed by atoms with Gasteiger partial charge >= 0.3 is 35.5 Å². The average Bonchev–Trinajstić information content (AvgIpc) is 2.27. The molecule has 0 bridgehead atoms. The Kier molecular flexibility index (Phi) is 7.39. The zero-order chi connectivity index (χ0) is 14.6. The summed E-state index contributed by atoms with van der Waals surface area (Å²) in [5, 5.41) is 28.5. The Bertz CT molecular complexity index is 622. The van der Waals surface area contributed by atoms with Gasteiger partial charge in [0.1, 0.15) is 0 Å². The monoisotopic (exact) mass is 309 g/mol. The number of carboxylic acids is 1. The van der Waals surface area contributed by atoms with E-state index in [-0.39, 0.29) is 45.7 Å². The van der Waals surface area contributed by atoms with Crippen LogP contribution in [0.4, 0.5) is 5.69 Å². The largest absolute Gasteiger partial charge is 1.00 e. The second-order valence-corrected chi connectivity index (χ2v) is 5.77. The van der Waals surface area contributed by atoms with E-state index in [1.807, 2.05) is 0 Å². The van der Waals surface area contributed by atoms with Crippen molar-refractivity contribution in [3.63, 3.8) is 0 Å².